The average Bonchev–Trinajstić information content (AvgIpc) is 2.80. The van der Waals surface area contributed by atoms with Crippen molar-refractivity contribution in [2.75, 3.05) is 5.32 Å². The number of anilines is 1. The molecule has 0 spiro atoms. The maximum absolute atomic E-state index is 12.9. The molecule has 2 aromatic rings. The monoisotopic (exact) mass is 302 g/mol. The molecule has 0 aliphatic rings. The summed E-state index contributed by atoms with van der Waals surface area (Å²) < 4.78 is 23.5. The lowest BCUT2D eigenvalue weighted by Crippen LogP contribution is -2.27. The topological polar surface area (TPSA) is 75.3 Å². The van der Waals surface area contributed by atoms with Crippen LogP contribution in [0.4, 0.5) is 15.1 Å². The van der Waals surface area contributed by atoms with E-state index in [1.807, 2.05) is 6.07 Å². The van der Waals surface area contributed by atoms with Gasteiger partial charge in [-0.15, -0.1) is 0 Å². The van der Waals surface area contributed by atoms with E-state index in [1.165, 1.54) is 30.3 Å². The number of halogens is 1. The number of ether oxygens (including phenoxy) is 1. The highest BCUT2D eigenvalue weighted by atomic mass is 19.1. The largest absolute Gasteiger partial charge is 0.444 e. The zero-order valence-corrected chi connectivity index (χ0v) is 12.4. The molecule has 0 radical (unpaired) electrons. The van der Waals surface area contributed by atoms with E-state index in [1.54, 1.807) is 20.8 Å². The SMILES string of the molecule is CC(C)(C)OC(=O)Nc1oc(-c2ccc(F)cc2)cc1C#N. The zero-order chi connectivity index (χ0) is 16.3. The molecule has 6 heteroatoms. The van der Waals surface area contributed by atoms with E-state index < -0.39 is 11.7 Å². The van der Waals surface area contributed by atoms with E-state index in [4.69, 9.17) is 14.4 Å². The number of nitrogens with one attached hydrogen (secondary N) is 1. The molecule has 114 valence electrons. The summed E-state index contributed by atoms with van der Waals surface area (Å²) in [4.78, 5) is 11.7. The quantitative estimate of drug-likeness (QED) is 0.897. The molecule has 0 fully saturated rings. The van der Waals surface area contributed by atoms with Crippen LogP contribution < -0.4 is 5.32 Å². The first-order chi connectivity index (χ1) is 10.3. The van der Waals surface area contributed by atoms with Gasteiger partial charge in [-0.3, -0.25) is 5.32 Å². The third-order valence-electron chi connectivity index (χ3n) is 2.60. The Labute approximate surface area is 127 Å². The van der Waals surface area contributed by atoms with Crippen molar-refractivity contribution in [3.8, 4) is 17.4 Å². The molecule has 1 aromatic heterocycles. The summed E-state index contributed by atoms with van der Waals surface area (Å²) >= 11 is 0. The van der Waals surface area contributed by atoms with Crippen LogP contribution in [0.2, 0.25) is 0 Å². The van der Waals surface area contributed by atoms with Crippen LogP contribution in [0.25, 0.3) is 11.3 Å². The molecular formula is C16H15FN2O3. The van der Waals surface area contributed by atoms with Gasteiger partial charge < -0.3 is 9.15 Å². The molecule has 0 atom stereocenters. The first-order valence-corrected chi connectivity index (χ1v) is 6.58. The van der Waals surface area contributed by atoms with Gasteiger partial charge in [-0.2, -0.15) is 5.26 Å². The minimum absolute atomic E-state index is 0.00363. The average molecular weight is 302 g/mol. The molecule has 0 unspecified atom stereocenters. The Hall–Kier alpha value is -2.81. The second-order valence-corrected chi connectivity index (χ2v) is 5.60. The molecule has 22 heavy (non-hydrogen) atoms. The first-order valence-electron chi connectivity index (χ1n) is 6.58. The van der Waals surface area contributed by atoms with E-state index >= 15 is 0 Å². The van der Waals surface area contributed by atoms with E-state index in [-0.39, 0.29) is 17.3 Å². The highest BCUT2D eigenvalue weighted by Gasteiger charge is 2.20. The Bertz CT molecular complexity index is 721. The Kier molecular flexibility index (Phi) is 4.18. The minimum Gasteiger partial charge on any atom is -0.444 e. The predicted octanol–water partition coefficient (Wildman–Crippen LogP) is 4.30. The van der Waals surface area contributed by atoms with Crippen LogP contribution in [0, 0.1) is 17.1 Å². The number of rotatable bonds is 2. The number of furan rings is 1. The molecule has 0 saturated heterocycles. The number of carbonyl (C=O) groups excluding carboxylic acids is 1. The molecule has 0 aliphatic carbocycles. The maximum Gasteiger partial charge on any atom is 0.414 e. The normalized spacial score (nSPS) is 10.9. The molecular weight excluding hydrogens is 287 g/mol. The fourth-order valence-corrected chi connectivity index (χ4v) is 1.72. The third-order valence-corrected chi connectivity index (χ3v) is 2.60. The summed E-state index contributed by atoms with van der Waals surface area (Å²) in [6, 6.07) is 9.01. The van der Waals surface area contributed by atoms with Crippen LogP contribution in [0.15, 0.2) is 34.7 Å². The smallest absolute Gasteiger partial charge is 0.414 e. The summed E-state index contributed by atoms with van der Waals surface area (Å²) in [5.74, 6) is -0.0263. The Balaban J connectivity index is 2.24. The number of amides is 1. The second kappa shape index (κ2) is 5.90. The van der Waals surface area contributed by atoms with Gasteiger partial charge in [-0.05, 0) is 45.0 Å². The summed E-state index contributed by atoms with van der Waals surface area (Å²) in [6.45, 7) is 5.18. The number of nitrogens with zero attached hydrogens (tertiary/aromatic N) is 1. The Morgan fingerprint density at radius 3 is 2.50 bits per heavy atom. The van der Waals surface area contributed by atoms with E-state index in [0.29, 0.717) is 11.3 Å². The molecule has 1 aromatic carbocycles. The van der Waals surface area contributed by atoms with Crippen molar-refractivity contribution in [1.29, 1.82) is 5.26 Å². The highest BCUT2D eigenvalue weighted by Crippen LogP contribution is 2.29. The summed E-state index contributed by atoms with van der Waals surface area (Å²) in [6.07, 6.45) is -0.719. The Morgan fingerprint density at radius 1 is 1.32 bits per heavy atom. The number of hydrogen-bond acceptors (Lipinski definition) is 4. The van der Waals surface area contributed by atoms with Crippen molar-refractivity contribution in [2.24, 2.45) is 0 Å². The maximum atomic E-state index is 12.9. The van der Waals surface area contributed by atoms with Gasteiger partial charge >= 0.3 is 6.09 Å². The van der Waals surface area contributed by atoms with Crippen LogP contribution in [0.1, 0.15) is 26.3 Å². The summed E-state index contributed by atoms with van der Waals surface area (Å²) in [7, 11) is 0. The standard InChI is InChI=1S/C16H15FN2O3/c1-16(2,3)22-15(20)19-14-11(9-18)8-13(21-14)10-4-6-12(17)7-5-10/h4-8H,1-3H3,(H,19,20). The first kappa shape index (κ1) is 15.6. The molecule has 1 heterocycles. The lowest BCUT2D eigenvalue weighted by molar-refractivity contribution is 0.0632. The van der Waals surface area contributed by atoms with Crippen molar-refractivity contribution in [1.82, 2.24) is 0 Å². The van der Waals surface area contributed by atoms with Gasteiger partial charge in [0.1, 0.15) is 28.8 Å². The fraction of sp³-hybridized carbons (Fsp3) is 0.250. The van der Waals surface area contributed by atoms with Crippen LogP contribution in [-0.2, 0) is 4.74 Å². The van der Waals surface area contributed by atoms with E-state index in [9.17, 15) is 9.18 Å². The van der Waals surface area contributed by atoms with E-state index in [0.717, 1.165) is 0 Å². The molecule has 0 bridgehead atoms. The summed E-state index contributed by atoms with van der Waals surface area (Å²) in [5, 5.41) is 11.5. The molecule has 0 aliphatic heterocycles. The van der Waals surface area contributed by atoms with Crippen molar-refractivity contribution in [2.45, 2.75) is 26.4 Å². The van der Waals surface area contributed by atoms with Crippen molar-refractivity contribution in [3.63, 3.8) is 0 Å². The lowest BCUT2D eigenvalue weighted by Gasteiger charge is -2.19. The minimum atomic E-state index is -0.719. The van der Waals surface area contributed by atoms with E-state index in [2.05, 4.69) is 5.32 Å². The molecule has 2 rings (SSSR count). The zero-order valence-electron chi connectivity index (χ0n) is 12.4. The Morgan fingerprint density at radius 2 is 1.95 bits per heavy atom. The molecule has 5 nitrogen and oxygen atoms in total. The van der Waals surface area contributed by atoms with Crippen molar-refractivity contribution >= 4 is 12.0 Å². The van der Waals surface area contributed by atoms with Crippen molar-refractivity contribution < 1.29 is 18.3 Å². The number of benzene rings is 1. The van der Waals surface area contributed by atoms with Crippen LogP contribution in [0.3, 0.4) is 0 Å². The van der Waals surface area contributed by atoms with Crippen molar-refractivity contribution in [3.05, 3.63) is 41.7 Å². The number of nitriles is 1. The highest BCUT2D eigenvalue weighted by molar-refractivity contribution is 5.85. The van der Waals surface area contributed by atoms with Gasteiger partial charge in [-0.1, -0.05) is 0 Å². The van der Waals surface area contributed by atoms with Gasteiger partial charge in [0, 0.05) is 11.6 Å². The van der Waals surface area contributed by atoms with Gasteiger partial charge in [0.25, 0.3) is 0 Å². The van der Waals surface area contributed by atoms with Gasteiger partial charge in [0.2, 0.25) is 5.88 Å². The molecule has 1 N–H and O–H groups in total. The molecule has 0 saturated carbocycles. The number of hydrogen-bond donors (Lipinski definition) is 1. The molecule has 1 amide bonds. The number of carbonyl (C=O) groups is 1. The lowest BCUT2D eigenvalue weighted by atomic mass is 10.1. The fourth-order valence-electron chi connectivity index (χ4n) is 1.72. The van der Waals surface area contributed by atoms with Gasteiger partial charge in [0.15, 0.2) is 0 Å². The summed E-state index contributed by atoms with van der Waals surface area (Å²) in [5.41, 5.74) is 0.0869. The van der Waals surface area contributed by atoms with Crippen LogP contribution in [0.5, 0.6) is 0 Å². The van der Waals surface area contributed by atoms with Gasteiger partial charge in [-0.25, -0.2) is 9.18 Å². The second-order valence-electron chi connectivity index (χ2n) is 5.60. The van der Waals surface area contributed by atoms with Gasteiger partial charge in [0.05, 0.1) is 0 Å². The third kappa shape index (κ3) is 3.85. The van der Waals surface area contributed by atoms with Crippen LogP contribution >= 0.6 is 0 Å². The predicted molar refractivity (Wildman–Crippen MR) is 78.7 cm³/mol. The van der Waals surface area contributed by atoms with Crippen LogP contribution in [-0.4, -0.2) is 11.7 Å².